The fourth-order valence-corrected chi connectivity index (χ4v) is 2.04. The van der Waals surface area contributed by atoms with Crippen LogP contribution >= 0.6 is 0 Å². The fourth-order valence-electron chi connectivity index (χ4n) is 2.04. The van der Waals surface area contributed by atoms with Crippen molar-refractivity contribution in [3.05, 3.63) is 17.3 Å². The zero-order chi connectivity index (χ0) is 10.8. The minimum Gasteiger partial charge on any atom is -0.474 e. The fraction of sp³-hybridized carbons (Fsp3) is 0.583. The maximum absolute atomic E-state index is 5.84. The predicted octanol–water partition coefficient (Wildman–Crippen LogP) is 2.60. The van der Waals surface area contributed by atoms with Crippen LogP contribution in [0.5, 0.6) is 5.88 Å². The lowest BCUT2D eigenvalue weighted by Crippen LogP contribution is -2.12. The van der Waals surface area contributed by atoms with Crippen LogP contribution in [0.3, 0.4) is 0 Å². The minimum atomic E-state index is 0.361. The number of rotatable bonds is 2. The summed E-state index contributed by atoms with van der Waals surface area (Å²) in [6, 6.07) is 1.93. The Labute approximate surface area is 90.7 Å². The van der Waals surface area contributed by atoms with E-state index in [1.807, 2.05) is 19.9 Å². The molecule has 1 fully saturated rings. The van der Waals surface area contributed by atoms with Crippen molar-refractivity contribution in [1.82, 2.24) is 4.98 Å². The quantitative estimate of drug-likeness (QED) is 0.809. The van der Waals surface area contributed by atoms with E-state index in [0.717, 1.165) is 35.7 Å². The number of aryl methyl sites for hydroxylation is 2. The SMILES string of the molecule is Cc1cc(OC2CCCC2)nc(C)c1N. The van der Waals surface area contributed by atoms with Crippen LogP contribution in [0.15, 0.2) is 6.07 Å². The van der Waals surface area contributed by atoms with Gasteiger partial charge in [-0.15, -0.1) is 0 Å². The number of pyridine rings is 1. The second kappa shape index (κ2) is 4.09. The van der Waals surface area contributed by atoms with Gasteiger partial charge in [-0.05, 0) is 45.1 Å². The Morgan fingerprint density at radius 1 is 1.33 bits per heavy atom. The Hall–Kier alpha value is -1.25. The van der Waals surface area contributed by atoms with Crippen LogP contribution in [0, 0.1) is 13.8 Å². The lowest BCUT2D eigenvalue weighted by molar-refractivity contribution is 0.201. The molecular formula is C12H18N2O. The van der Waals surface area contributed by atoms with Gasteiger partial charge in [-0.25, -0.2) is 4.98 Å². The van der Waals surface area contributed by atoms with Gasteiger partial charge in [-0.2, -0.15) is 0 Å². The Balaban J connectivity index is 2.14. The number of anilines is 1. The zero-order valence-electron chi connectivity index (χ0n) is 9.42. The highest BCUT2D eigenvalue weighted by Crippen LogP contribution is 2.25. The standard InChI is InChI=1S/C12H18N2O/c1-8-7-11(14-9(2)12(8)13)15-10-5-3-4-6-10/h7,10H,3-6,13H2,1-2H3. The summed E-state index contributed by atoms with van der Waals surface area (Å²) >= 11 is 0. The number of ether oxygens (including phenoxy) is 1. The third-order valence-corrected chi connectivity index (χ3v) is 3.02. The van der Waals surface area contributed by atoms with Gasteiger partial charge in [0.25, 0.3) is 0 Å². The molecule has 1 heterocycles. The van der Waals surface area contributed by atoms with Crippen LogP contribution in [0.25, 0.3) is 0 Å². The van der Waals surface area contributed by atoms with Crippen molar-refractivity contribution < 1.29 is 4.74 Å². The number of hydrogen-bond donors (Lipinski definition) is 1. The molecule has 1 aliphatic carbocycles. The van der Waals surface area contributed by atoms with Crippen LogP contribution in [0.4, 0.5) is 5.69 Å². The van der Waals surface area contributed by atoms with Crippen molar-refractivity contribution >= 4 is 5.69 Å². The van der Waals surface area contributed by atoms with Gasteiger partial charge in [0.15, 0.2) is 0 Å². The van der Waals surface area contributed by atoms with Crippen LogP contribution in [-0.4, -0.2) is 11.1 Å². The van der Waals surface area contributed by atoms with E-state index in [1.165, 1.54) is 12.8 Å². The van der Waals surface area contributed by atoms with E-state index in [1.54, 1.807) is 0 Å². The Kier molecular flexibility index (Phi) is 2.80. The second-order valence-electron chi connectivity index (χ2n) is 4.30. The molecule has 82 valence electrons. The average Bonchev–Trinajstić information content (AvgIpc) is 2.66. The first kappa shape index (κ1) is 10.3. The van der Waals surface area contributed by atoms with Gasteiger partial charge in [0.2, 0.25) is 5.88 Å². The third kappa shape index (κ3) is 2.22. The number of nitrogens with zero attached hydrogens (tertiary/aromatic N) is 1. The van der Waals surface area contributed by atoms with E-state index in [2.05, 4.69) is 4.98 Å². The Morgan fingerprint density at radius 2 is 2.00 bits per heavy atom. The molecule has 1 aliphatic rings. The zero-order valence-corrected chi connectivity index (χ0v) is 9.42. The minimum absolute atomic E-state index is 0.361. The molecule has 15 heavy (non-hydrogen) atoms. The summed E-state index contributed by atoms with van der Waals surface area (Å²) in [7, 11) is 0. The second-order valence-corrected chi connectivity index (χ2v) is 4.30. The molecule has 2 rings (SSSR count). The van der Waals surface area contributed by atoms with E-state index >= 15 is 0 Å². The first-order valence-corrected chi connectivity index (χ1v) is 5.57. The Bertz CT molecular complexity index is 334. The lowest BCUT2D eigenvalue weighted by atomic mass is 10.2. The maximum atomic E-state index is 5.84. The van der Waals surface area contributed by atoms with Gasteiger partial charge >= 0.3 is 0 Å². The molecule has 0 unspecified atom stereocenters. The van der Waals surface area contributed by atoms with Gasteiger partial charge in [0.05, 0.1) is 11.4 Å². The first-order valence-electron chi connectivity index (χ1n) is 5.57. The molecule has 0 aromatic carbocycles. The van der Waals surface area contributed by atoms with Crippen LogP contribution in [0.1, 0.15) is 36.9 Å². The topological polar surface area (TPSA) is 48.1 Å². The van der Waals surface area contributed by atoms with E-state index in [0.29, 0.717) is 6.10 Å². The van der Waals surface area contributed by atoms with Gasteiger partial charge in [-0.3, -0.25) is 0 Å². The van der Waals surface area contributed by atoms with Crippen molar-refractivity contribution in [2.45, 2.75) is 45.6 Å². The van der Waals surface area contributed by atoms with Crippen molar-refractivity contribution in [1.29, 1.82) is 0 Å². The molecule has 1 saturated carbocycles. The van der Waals surface area contributed by atoms with Gasteiger partial charge < -0.3 is 10.5 Å². The molecule has 0 spiro atoms. The molecule has 3 heteroatoms. The van der Waals surface area contributed by atoms with Crippen molar-refractivity contribution in [2.75, 3.05) is 5.73 Å². The van der Waals surface area contributed by atoms with E-state index in [4.69, 9.17) is 10.5 Å². The molecule has 0 radical (unpaired) electrons. The molecule has 2 N–H and O–H groups in total. The molecule has 3 nitrogen and oxygen atoms in total. The summed E-state index contributed by atoms with van der Waals surface area (Å²) in [4.78, 5) is 4.35. The highest BCUT2D eigenvalue weighted by molar-refractivity contribution is 5.51. The predicted molar refractivity (Wildman–Crippen MR) is 61.0 cm³/mol. The van der Waals surface area contributed by atoms with Gasteiger partial charge in [0, 0.05) is 6.07 Å². The summed E-state index contributed by atoms with van der Waals surface area (Å²) in [5.74, 6) is 0.728. The molecule has 0 aliphatic heterocycles. The van der Waals surface area contributed by atoms with E-state index in [9.17, 15) is 0 Å². The number of nitrogen functional groups attached to an aromatic ring is 1. The highest BCUT2D eigenvalue weighted by atomic mass is 16.5. The molecule has 0 bridgehead atoms. The van der Waals surface area contributed by atoms with Crippen LogP contribution < -0.4 is 10.5 Å². The third-order valence-electron chi connectivity index (χ3n) is 3.02. The average molecular weight is 206 g/mol. The largest absolute Gasteiger partial charge is 0.474 e. The normalized spacial score (nSPS) is 16.9. The summed E-state index contributed by atoms with van der Waals surface area (Å²) in [6.07, 6.45) is 5.23. The maximum Gasteiger partial charge on any atom is 0.214 e. The van der Waals surface area contributed by atoms with E-state index < -0.39 is 0 Å². The number of hydrogen-bond acceptors (Lipinski definition) is 3. The molecule has 0 amide bonds. The monoisotopic (exact) mass is 206 g/mol. The summed E-state index contributed by atoms with van der Waals surface area (Å²) in [5.41, 5.74) is 8.53. The van der Waals surface area contributed by atoms with Crippen LogP contribution in [0.2, 0.25) is 0 Å². The lowest BCUT2D eigenvalue weighted by Gasteiger charge is -2.14. The van der Waals surface area contributed by atoms with Gasteiger partial charge in [0.1, 0.15) is 6.10 Å². The summed E-state index contributed by atoms with van der Waals surface area (Å²) < 4.78 is 5.83. The highest BCUT2D eigenvalue weighted by Gasteiger charge is 2.17. The first-order chi connectivity index (χ1) is 7.16. The summed E-state index contributed by atoms with van der Waals surface area (Å²) in [5, 5.41) is 0. The molecular weight excluding hydrogens is 188 g/mol. The van der Waals surface area contributed by atoms with Gasteiger partial charge in [-0.1, -0.05) is 0 Å². The van der Waals surface area contributed by atoms with E-state index in [-0.39, 0.29) is 0 Å². The molecule has 1 aromatic rings. The number of aromatic nitrogens is 1. The molecule has 0 saturated heterocycles. The van der Waals surface area contributed by atoms with Crippen molar-refractivity contribution in [2.24, 2.45) is 0 Å². The molecule has 0 atom stereocenters. The van der Waals surface area contributed by atoms with Crippen molar-refractivity contribution in [3.8, 4) is 5.88 Å². The Morgan fingerprint density at radius 3 is 2.60 bits per heavy atom. The summed E-state index contributed by atoms with van der Waals surface area (Å²) in [6.45, 7) is 3.91. The van der Waals surface area contributed by atoms with Crippen LogP contribution in [-0.2, 0) is 0 Å². The molecule has 1 aromatic heterocycles. The van der Waals surface area contributed by atoms with Crippen molar-refractivity contribution in [3.63, 3.8) is 0 Å². The number of nitrogens with two attached hydrogens (primary N) is 1. The smallest absolute Gasteiger partial charge is 0.214 e.